The molecule has 2 aliphatic rings. The molecule has 10 heteroatoms. The first-order valence-electron chi connectivity index (χ1n) is 11.6. The Hall–Kier alpha value is -4.08. The number of amides is 1. The van der Waals surface area contributed by atoms with Gasteiger partial charge in [0.15, 0.2) is 22.8 Å². The summed E-state index contributed by atoms with van der Waals surface area (Å²) in [6.45, 7) is 5.21. The molecule has 1 aromatic carbocycles. The molecule has 0 bridgehead atoms. The van der Waals surface area contributed by atoms with Crippen molar-refractivity contribution in [3.63, 3.8) is 0 Å². The Morgan fingerprint density at radius 2 is 2.06 bits per heavy atom. The summed E-state index contributed by atoms with van der Waals surface area (Å²) in [6.07, 6.45) is 4.70. The molecule has 0 fully saturated rings. The van der Waals surface area contributed by atoms with Gasteiger partial charge in [0, 0.05) is 30.4 Å². The van der Waals surface area contributed by atoms with Crippen molar-refractivity contribution in [2.45, 2.75) is 38.6 Å². The lowest BCUT2D eigenvalue weighted by Crippen LogP contribution is -2.26. The van der Waals surface area contributed by atoms with Crippen LogP contribution in [0.4, 0.5) is 15.9 Å². The molecule has 0 spiro atoms. The molecule has 2 aliphatic heterocycles. The molecule has 5 heterocycles. The molecule has 0 radical (unpaired) electrons. The van der Waals surface area contributed by atoms with Crippen LogP contribution in [-0.2, 0) is 23.2 Å². The molecule has 35 heavy (non-hydrogen) atoms. The van der Waals surface area contributed by atoms with Crippen LogP contribution in [0.15, 0.2) is 36.7 Å². The molecule has 0 unspecified atom stereocenters. The van der Waals surface area contributed by atoms with Gasteiger partial charge in [-0.25, -0.2) is 14.4 Å². The first-order chi connectivity index (χ1) is 16.9. The molecule has 3 aromatic heterocycles. The van der Waals surface area contributed by atoms with Gasteiger partial charge in [-0.1, -0.05) is 12.1 Å². The minimum Gasteiger partial charge on any atom is -0.462 e. The highest BCUT2D eigenvalue weighted by molar-refractivity contribution is 5.94. The normalized spacial score (nSPS) is 15.9. The summed E-state index contributed by atoms with van der Waals surface area (Å²) in [5.74, 6) is 0.525. The van der Waals surface area contributed by atoms with Crippen LogP contribution >= 0.6 is 0 Å². The van der Waals surface area contributed by atoms with Crippen molar-refractivity contribution in [2.75, 3.05) is 23.8 Å². The second-order valence-corrected chi connectivity index (χ2v) is 9.51. The molecular formula is C25H24FN7O2. The number of hydrogen-bond donors (Lipinski definition) is 2. The predicted octanol–water partition coefficient (Wildman–Crippen LogP) is 3.69. The third kappa shape index (κ3) is 3.84. The van der Waals surface area contributed by atoms with Gasteiger partial charge in [0.2, 0.25) is 5.91 Å². The number of fused-ring (bicyclic) bond motifs is 4. The van der Waals surface area contributed by atoms with Crippen LogP contribution in [0.2, 0.25) is 0 Å². The van der Waals surface area contributed by atoms with Gasteiger partial charge in [0.1, 0.15) is 12.4 Å². The number of nitrogens with zero attached hydrogens (tertiary/aromatic N) is 5. The standard InChI is InChI=1S/C25H24FN7O2/c1-25(2)13-35-24-30-20-22(28-8-7-14-3-5-18-15(9-14)4-6-19(34)29-18)31-21(32-23(20)33(24)25)16-10-17(26)12-27-11-16/h3,5,9-12H,4,6-8,13H2,1-2H3,(H,29,34)(H,28,31,32). The van der Waals surface area contributed by atoms with Gasteiger partial charge >= 0.3 is 0 Å². The zero-order chi connectivity index (χ0) is 24.2. The van der Waals surface area contributed by atoms with E-state index in [4.69, 9.17) is 9.72 Å². The number of halogens is 1. The number of pyridine rings is 1. The van der Waals surface area contributed by atoms with E-state index in [1.807, 2.05) is 16.7 Å². The van der Waals surface area contributed by atoms with Crippen LogP contribution < -0.4 is 15.4 Å². The summed E-state index contributed by atoms with van der Waals surface area (Å²) < 4.78 is 21.7. The van der Waals surface area contributed by atoms with Crippen molar-refractivity contribution >= 4 is 28.6 Å². The lowest BCUT2D eigenvalue weighted by Gasteiger charge is -2.18. The van der Waals surface area contributed by atoms with Gasteiger partial charge in [-0.3, -0.25) is 14.3 Å². The molecule has 6 rings (SSSR count). The molecule has 0 atom stereocenters. The molecule has 0 saturated heterocycles. The van der Waals surface area contributed by atoms with E-state index in [1.54, 1.807) is 6.20 Å². The van der Waals surface area contributed by atoms with E-state index in [9.17, 15) is 9.18 Å². The number of carbonyl (C=O) groups excluding carboxylic acids is 1. The number of rotatable bonds is 5. The number of carbonyl (C=O) groups is 1. The van der Waals surface area contributed by atoms with Gasteiger partial charge in [-0.2, -0.15) is 4.98 Å². The maximum absolute atomic E-state index is 13.9. The van der Waals surface area contributed by atoms with E-state index in [-0.39, 0.29) is 11.4 Å². The Kier molecular flexibility index (Phi) is 4.91. The number of imidazole rings is 1. The number of aromatic nitrogens is 5. The molecule has 9 nitrogen and oxygen atoms in total. The van der Waals surface area contributed by atoms with E-state index in [0.717, 1.165) is 35.9 Å². The van der Waals surface area contributed by atoms with Gasteiger partial charge in [0.25, 0.3) is 6.01 Å². The van der Waals surface area contributed by atoms with Gasteiger partial charge in [0.05, 0.1) is 11.7 Å². The molecule has 1 amide bonds. The molecule has 2 N–H and O–H groups in total. The van der Waals surface area contributed by atoms with Gasteiger partial charge in [-0.05, 0) is 49.9 Å². The Labute approximate surface area is 200 Å². The van der Waals surface area contributed by atoms with Crippen molar-refractivity contribution in [3.05, 3.63) is 53.6 Å². The number of nitrogens with one attached hydrogen (secondary N) is 2. The van der Waals surface area contributed by atoms with Crippen LogP contribution in [0.1, 0.15) is 31.4 Å². The van der Waals surface area contributed by atoms with Gasteiger partial charge < -0.3 is 15.4 Å². The zero-order valence-electron chi connectivity index (χ0n) is 19.4. The van der Waals surface area contributed by atoms with E-state index in [0.29, 0.717) is 54.0 Å². The number of ether oxygens (including phenoxy) is 1. The van der Waals surface area contributed by atoms with Crippen molar-refractivity contribution < 1.29 is 13.9 Å². The second-order valence-electron chi connectivity index (χ2n) is 9.51. The van der Waals surface area contributed by atoms with Crippen molar-refractivity contribution in [2.24, 2.45) is 0 Å². The zero-order valence-corrected chi connectivity index (χ0v) is 19.4. The van der Waals surface area contributed by atoms with Crippen molar-refractivity contribution in [1.82, 2.24) is 24.5 Å². The van der Waals surface area contributed by atoms with Crippen molar-refractivity contribution in [3.8, 4) is 17.4 Å². The third-order valence-corrected chi connectivity index (χ3v) is 6.37. The fourth-order valence-electron chi connectivity index (χ4n) is 4.59. The van der Waals surface area contributed by atoms with Crippen LogP contribution in [0.3, 0.4) is 0 Å². The quantitative estimate of drug-likeness (QED) is 0.455. The number of anilines is 2. The maximum atomic E-state index is 13.9. The topological polar surface area (TPSA) is 107 Å². The maximum Gasteiger partial charge on any atom is 0.299 e. The SMILES string of the molecule is CC1(C)COc2nc3c(NCCc4ccc5c(c4)CCC(=O)N5)nc(-c4cncc(F)c4)nc3n21. The molecule has 178 valence electrons. The Bertz CT molecular complexity index is 1480. The highest BCUT2D eigenvalue weighted by Gasteiger charge is 2.36. The lowest BCUT2D eigenvalue weighted by atomic mass is 9.99. The summed E-state index contributed by atoms with van der Waals surface area (Å²) in [4.78, 5) is 29.6. The van der Waals surface area contributed by atoms with E-state index >= 15 is 0 Å². The first-order valence-corrected chi connectivity index (χ1v) is 11.6. The summed E-state index contributed by atoms with van der Waals surface area (Å²) >= 11 is 0. The van der Waals surface area contributed by atoms with Crippen LogP contribution in [-0.4, -0.2) is 43.6 Å². The molecule has 4 aromatic rings. The van der Waals surface area contributed by atoms with Gasteiger partial charge in [-0.15, -0.1) is 0 Å². The largest absolute Gasteiger partial charge is 0.462 e. The average molecular weight is 474 g/mol. The smallest absolute Gasteiger partial charge is 0.299 e. The van der Waals surface area contributed by atoms with Crippen LogP contribution in [0.25, 0.3) is 22.6 Å². The first kappa shape index (κ1) is 21.5. The van der Waals surface area contributed by atoms with E-state index in [2.05, 4.69) is 45.5 Å². The summed E-state index contributed by atoms with van der Waals surface area (Å²) in [5, 5.41) is 6.31. The summed E-state index contributed by atoms with van der Waals surface area (Å²) in [7, 11) is 0. The minimum atomic E-state index is -0.452. The predicted molar refractivity (Wildman–Crippen MR) is 129 cm³/mol. The summed E-state index contributed by atoms with van der Waals surface area (Å²) in [6, 6.07) is 7.98. The fraction of sp³-hybridized carbons (Fsp3) is 0.320. The Morgan fingerprint density at radius 1 is 1.17 bits per heavy atom. The molecular weight excluding hydrogens is 449 g/mol. The number of aryl methyl sites for hydroxylation is 1. The average Bonchev–Trinajstić information content (AvgIpc) is 3.36. The Morgan fingerprint density at radius 3 is 2.91 bits per heavy atom. The fourth-order valence-corrected chi connectivity index (χ4v) is 4.59. The summed E-state index contributed by atoms with van der Waals surface area (Å²) in [5.41, 5.74) is 4.59. The second kappa shape index (κ2) is 8.00. The molecule has 0 saturated carbocycles. The monoisotopic (exact) mass is 473 g/mol. The highest BCUT2D eigenvalue weighted by atomic mass is 19.1. The van der Waals surface area contributed by atoms with Crippen molar-refractivity contribution in [1.29, 1.82) is 0 Å². The van der Waals surface area contributed by atoms with E-state index < -0.39 is 5.82 Å². The molecule has 0 aliphatic carbocycles. The van der Waals surface area contributed by atoms with Crippen LogP contribution in [0, 0.1) is 5.82 Å². The third-order valence-electron chi connectivity index (χ3n) is 6.37. The minimum absolute atomic E-state index is 0.0584. The Balaban J connectivity index is 1.33. The number of hydrogen-bond acceptors (Lipinski definition) is 7. The highest BCUT2D eigenvalue weighted by Crippen LogP contribution is 2.37. The van der Waals surface area contributed by atoms with E-state index in [1.165, 1.54) is 6.07 Å². The number of benzene rings is 1. The van der Waals surface area contributed by atoms with Crippen LogP contribution in [0.5, 0.6) is 6.01 Å². The lowest BCUT2D eigenvalue weighted by molar-refractivity contribution is -0.116.